The highest BCUT2D eigenvalue weighted by Gasteiger charge is 2.19. The number of nitrogen functional groups attached to an aromatic ring is 1. The van der Waals surface area contributed by atoms with Gasteiger partial charge in [-0.3, -0.25) is 10.2 Å². The van der Waals surface area contributed by atoms with Crippen molar-refractivity contribution in [1.82, 2.24) is 5.43 Å². The number of para-hydroxylation sites is 1. The fourth-order valence-corrected chi connectivity index (χ4v) is 2.94. The number of amides is 1. The average Bonchev–Trinajstić information content (AvgIpc) is 2.84. The van der Waals surface area contributed by atoms with Crippen LogP contribution in [-0.4, -0.2) is 23.4 Å². The molecule has 1 atom stereocenters. The number of hydrogen-bond acceptors (Lipinski definition) is 5. The van der Waals surface area contributed by atoms with Gasteiger partial charge < -0.3 is 9.52 Å². The highest BCUT2D eigenvalue weighted by molar-refractivity contribution is 7.98. The van der Waals surface area contributed by atoms with E-state index in [1.54, 1.807) is 11.8 Å². The number of hydrogen-bond donors (Lipinski definition) is 3. The van der Waals surface area contributed by atoms with Crippen molar-refractivity contribution in [1.29, 1.82) is 0 Å². The van der Waals surface area contributed by atoms with Crippen molar-refractivity contribution in [3.8, 4) is 0 Å². The molecule has 0 aliphatic rings. The van der Waals surface area contributed by atoms with Gasteiger partial charge in [0.15, 0.2) is 0 Å². The van der Waals surface area contributed by atoms with Crippen molar-refractivity contribution < 1.29 is 14.3 Å². The topological polar surface area (TPSA) is 88.5 Å². The fourth-order valence-electron chi connectivity index (χ4n) is 1.92. The molecule has 4 N–H and O–H groups in total. The molecule has 1 aromatic heterocycles. The summed E-state index contributed by atoms with van der Waals surface area (Å²) >= 11 is 1.62. The van der Waals surface area contributed by atoms with E-state index < -0.39 is 0 Å². The Labute approximate surface area is 121 Å². The van der Waals surface area contributed by atoms with Gasteiger partial charge in [-0.1, -0.05) is 25.1 Å². The lowest BCUT2D eigenvalue weighted by atomic mass is 10.1. The van der Waals surface area contributed by atoms with E-state index in [2.05, 4.69) is 5.43 Å². The zero-order valence-corrected chi connectivity index (χ0v) is 12.1. The van der Waals surface area contributed by atoms with Crippen molar-refractivity contribution in [2.75, 3.05) is 12.4 Å². The summed E-state index contributed by atoms with van der Waals surface area (Å²) in [5.41, 5.74) is 3.33. The van der Waals surface area contributed by atoms with Crippen LogP contribution in [0.15, 0.2) is 28.7 Å². The molecule has 1 unspecified atom stereocenters. The largest absolute Gasteiger partial charge is 0.459 e. The van der Waals surface area contributed by atoms with Crippen LogP contribution in [0.1, 0.15) is 23.0 Å². The second-order valence-corrected chi connectivity index (χ2v) is 5.70. The number of rotatable bonds is 6. The summed E-state index contributed by atoms with van der Waals surface area (Å²) in [7, 11) is 0. The van der Waals surface area contributed by atoms with Crippen LogP contribution < -0.4 is 11.3 Å². The molecular weight excluding hydrogens is 276 g/mol. The van der Waals surface area contributed by atoms with Crippen LogP contribution in [-0.2, 0) is 5.75 Å². The van der Waals surface area contributed by atoms with E-state index in [9.17, 15) is 4.79 Å². The summed E-state index contributed by atoms with van der Waals surface area (Å²) in [5.74, 6) is 7.10. The maximum atomic E-state index is 11.9. The maximum absolute atomic E-state index is 11.9. The first kappa shape index (κ1) is 14.9. The molecule has 2 aromatic rings. The lowest BCUT2D eigenvalue weighted by molar-refractivity contribution is 0.0953. The van der Waals surface area contributed by atoms with Crippen LogP contribution in [0.4, 0.5) is 0 Å². The van der Waals surface area contributed by atoms with Crippen LogP contribution in [0, 0.1) is 5.92 Å². The number of furan rings is 1. The van der Waals surface area contributed by atoms with E-state index in [-0.39, 0.29) is 18.4 Å². The second kappa shape index (κ2) is 6.78. The molecule has 0 fully saturated rings. The number of aliphatic hydroxyl groups excluding tert-OH is 1. The van der Waals surface area contributed by atoms with Gasteiger partial charge in [0.05, 0.1) is 11.3 Å². The Kier molecular flexibility index (Phi) is 5.05. The molecule has 0 bridgehead atoms. The van der Waals surface area contributed by atoms with E-state index in [1.165, 1.54) is 0 Å². The fraction of sp³-hybridized carbons (Fsp3) is 0.357. The third-order valence-corrected chi connectivity index (χ3v) is 4.24. The van der Waals surface area contributed by atoms with Crippen LogP contribution in [0.25, 0.3) is 11.0 Å². The molecule has 108 valence electrons. The lowest BCUT2D eigenvalue weighted by Crippen LogP contribution is -2.30. The van der Waals surface area contributed by atoms with Crippen LogP contribution in [0.3, 0.4) is 0 Å². The molecule has 20 heavy (non-hydrogen) atoms. The summed E-state index contributed by atoms with van der Waals surface area (Å²) in [6.07, 6.45) is 0. The highest BCUT2D eigenvalue weighted by atomic mass is 32.2. The SMILES string of the molecule is CC(CO)CSCc1oc2ccccc2c1C(=O)NN. The maximum Gasteiger partial charge on any atom is 0.269 e. The summed E-state index contributed by atoms with van der Waals surface area (Å²) < 4.78 is 5.74. The Balaban J connectivity index is 2.25. The number of thioether (sulfide) groups is 1. The van der Waals surface area contributed by atoms with Crippen LogP contribution in [0.5, 0.6) is 0 Å². The van der Waals surface area contributed by atoms with Gasteiger partial charge in [-0.2, -0.15) is 11.8 Å². The molecule has 2 rings (SSSR count). The molecule has 0 saturated heterocycles. The van der Waals surface area contributed by atoms with E-state index in [0.29, 0.717) is 22.7 Å². The summed E-state index contributed by atoms with van der Waals surface area (Å²) in [6.45, 7) is 2.13. The third-order valence-electron chi connectivity index (χ3n) is 2.97. The van der Waals surface area contributed by atoms with Crippen LogP contribution in [0.2, 0.25) is 0 Å². The van der Waals surface area contributed by atoms with Crippen molar-refractivity contribution >= 4 is 28.6 Å². The number of hydrazine groups is 1. The standard InChI is InChI=1S/C14H18N2O3S/c1-9(6-17)7-20-8-12-13(14(18)16-15)10-4-2-3-5-11(10)19-12/h2-5,9,17H,6-8,15H2,1H3,(H,16,18). The first-order valence-corrected chi connectivity index (χ1v) is 7.52. The zero-order chi connectivity index (χ0) is 14.5. The van der Waals surface area contributed by atoms with Gasteiger partial charge in [-0.15, -0.1) is 0 Å². The normalized spacial score (nSPS) is 12.6. The molecule has 6 heteroatoms. The minimum atomic E-state index is -0.347. The second-order valence-electron chi connectivity index (χ2n) is 4.67. The summed E-state index contributed by atoms with van der Waals surface area (Å²) in [4.78, 5) is 11.9. The molecule has 1 amide bonds. The van der Waals surface area contributed by atoms with Crippen molar-refractivity contribution in [2.45, 2.75) is 12.7 Å². The Hall–Kier alpha value is -1.50. The van der Waals surface area contributed by atoms with E-state index in [0.717, 1.165) is 11.1 Å². The number of benzene rings is 1. The molecule has 0 saturated carbocycles. The number of nitrogens with one attached hydrogen (secondary N) is 1. The predicted molar refractivity (Wildman–Crippen MR) is 80.3 cm³/mol. The van der Waals surface area contributed by atoms with Gasteiger partial charge >= 0.3 is 0 Å². The number of nitrogens with two attached hydrogens (primary N) is 1. The monoisotopic (exact) mass is 294 g/mol. The number of aliphatic hydroxyl groups is 1. The first-order chi connectivity index (χ1) is 9.67. The molecule has 1 aromatic carbocycles. The average molecular weight is 294 g/mol. The molecule has 0 radical (unpaired) electrons. The predicted octanol–water partition coefficient (Wildman–Crippen LogP) is 1.90. The molecule has 0 aliphatic carbocycles. The van der Waals surface area contributed by atoms with Gasteiger partial charge in [0.1, 0.15) is 11.3 Å². The van der Waals surface area contributed by atoms with Gasteiger partial charge in [-0.05, 0) is 17.7 Å². The van der Waals surface area contributed by atoms with Crippen LogP contribution >= 0.6 is 11.8 Å². The number of carbonyl (C=O) groups is 1. The molecule has 1 heterocycles. The van der Waals surface area contributed by atoms with Crippen molar-refractivity contribution in [2.24, 2.45) is 11.8 Å². The Bertz CT molecular complexity index is 597. The van der Waals surface area contributed by atoms with Crippen molar-refractivity contribution in [3.63, 3.8) is 0 Å². The highest BCUT2D eigenvalue weighted by Crippen LogP contribution is 2.29. The smallest absolute Gasteiger partial charge is 0.269 e. The van der Waals surface area contributed by atoms with E-state index >= 15 is 0 Å². The molecule has 5 nitrogen and oxygen atoms in total. The Morgan fingerprint density at radius 2 is 2.25 bits per heavy atom. The van der Waals surface area contributed by atoms with Gasteiger partial charge in [0.25, 0.3) is 5.91 Å². The summed E-state index contributed by atoms with van der Waals surface area (Å²) in [6, 6.07) is 7.39. The minimum absolute atomic E-state index is 0.156. The first-order valence-electron chi connectivity index (χ1n) is 6.37. The van der Waals surface area contributed by atoms with Crippen molar-refractivity contribution in [3.05, 3.63) is 35.6 Å². The lowest BCUT2D eigenvalue weighted by Gasteiger charge is -2.06. The van der Waals surface area contributed by atoms with Gasteiger partial charge in [0, 0.05) is 12.0 Å². The third kappa shape index (κ3) is 3.15. The molecule has 0 aliphatic heterocycles. The molecular formula is C14H18N2O3S. The number of carbonyl (C=O) groups excluding carboxylic acids is 1. The zero-order valence-electron chi connectivity index (χ0n) is 11.3. The quantitative estimate of drug-likeness (QED) is 0.430. The van der Waals surface area contributed by atoms with E-state index in [1.807, 2.05) is 31.2 Å². The Morgan fingerprint density at radius 1 is 1.50 bits per heavy atom. The number of fused-ring (bicyclic) bond motifs is 1. The Morgan fingerprint density at radius 3 is 2.95 bits per heavy atom. The summed E-state index contributed by atoms with van der Waals surface area (Å²) in [5, 5.41) is 9.77. The van der Waals surface area contributed by atoms with E-state index in [4.69, 9.17) is 15.4 Å². The van der Waals surface area contributed by atoms with Gasteiger partial charge in [0.2, 0.25) is 0 Å². The minimum Gasteiger partial charge on any atom is -0.459 e. The van der Waals surface area contributed by atoms with Gasteiger partial charge in [-0.25, -0.2) is 5.84 Å². The molecule has 0 spiro atoms.